The van der Waals surface area contributed by atoms with Gasteiger partial charge in [0.25, 0.3) is 0 Å². The summed E-state index contributed by atoms with van der Waals surface area (Å²) in [5.74, 6) is 0.637. The van der Waals surface area contributed by atoms with E-state index in [0.29, 0.717) is 12.5 Å². The SMILES string of the molecule is C[NH+](C)Cc1ccc(CNc2nnnn2-c2ccccc2)cc1. The predicted octanol–water partition coefficient (Wildman–Crippen LogP) is 0.919. The van der Waals surface area contributed by atoms with Gasteiger partial charge in [-0.05, 0) is 28.1 Å². The molecule has 0 saturated carbocycles. The van der Waals surface area contributed by atoms with Crippen molar-refractivity contribution < 1.29 is 4.90 Å². The van der Waals surface area contributed by atoms with Crippen molar-refractivity contribution in [3.8, 4) is 5.69 Å². The lowest BCUT2D eigenvalue weighted by Gasteiger charge is -2.09. The number of anilines is 1. The molecule has 0 aliphatic carbocycles. The van der Waals surface area contributed by atoms with E-state index in [-0.39, 0.29) is 0 Å². The molecule has 1 heterocycles. The Balaban J connectivity index is 1.66. The summed E-state index contributed by atoms with van der Waals surface area (Å²) in [5, 5.41) is 15.1. The highest BCUT2D eigenvalue weighted by Gasteiger charge is 2.07. The molecule has 0 aliphatic heterocycles. The first-order valence-electron chi connectivity index (χ1n) is 7.67. The number of hydrogen-bond acceptors (Lipinski definition) is 4. The van der Waals surface area contributed by atoms with Crippen molar-refractivity contribution in [1.82, 2.24) is 20.2 Å². The lowest BCUT2D eigenvalue weighted by atomic mass is 10.1. The van der Waals surface area contributed by atoms with E-state index in [1.807, 2.05) is 30.3 Å². The smallest absolute Gasteiger partial charge is 0.248 e. The zero-order valence-electron chi connectivity index (χ0n) is 13.4. The normalized spacial score (nSPS) is 10.9. The van der Waals surface area contributed by atoms with Gasteiger partial charge in [0.15, 0.2) is 0 Å². The summed E-state index contributed by atoms with van der Waals surface area (Å²) in [6.07, 6.45) is 0. The van der Waals surface area contributed by atoms with Crippen LogP contribution in [-0.4, -0.2) is 34.3 Å². The molecule has 1 aromatic heterocycles. The Morgan fingerprint density at radius 1 is 0.957 bits per heavy atom. The van der Waals surface area contributed by atoms with Crippen molar-refractivity contribution in [3.63, 3.8) is 0 Å². The zero-order chi connectivity index (χ0) is 16.1. The van der Waals surface area contributed by atoms with Gasteiger partial charge in [-0.3, -0.25) is 0 Å². The number of hydrogen-bond donors (Lipinski definition) is 2. The van der Waals surface area contributed by atoms with Crippen LogP contribution in [0.25, 0.3) is 5.69 Å². The standard InChI is InChI=1S/C17H20N6/c1-22(2)13-15-10-8-14(9-11-15)12-18-17-19-20-21-23(17)16-6-4-3-5-7-16/h3-11H,12-13H2,1-2H3,(H,18,19,21)/p+1. The molecule has 6 nitrogen and oxygen atoms in total. The number of nitrogens with one attached hydrogen (secondary N) is 2. The first kappa shape index (κ1) is 15.2. The van der Waals surface area contributed by atoms with Gasteiger partial charge >= 0.3 is 0 Å². The van der Waals surface area contributed by atoms with Crippen LogP contribution in [0.15, 0.2) is 54.6 Å². The van der Waals surface area contributed by atoms with Crippen LogP contribution in [0.1, 0.15) is 11.1 Å². The van der Waals surface area contributed by atoms with Crippen molar-refractivity contribution in [2.24, 2.45) is 0 Å². The fourth-order valence-electron chi connectivity index (χ4n) is 2.40. The summed E-state index contributed by atoms with van der Waals surface area (Å²) < 4.78 is 1.70. The van der Waals surface area contributed by atoms with E-state index in [4.69, 9.17) is 0 Å². The molecule has 0 bridgehead atoms. The van der Waals surface area contributed by atoms with Crippen molar-refractivity contribution in [3.05, 3.63) is 65.7 Å². The number of para-hydroxylation sites is 1. The largest absolute Gasteiger partial charge is 0.349 e. The second-order valence-corrected chi connectivity index (χ2v) is 5.80. The Hall–Kier alpha value is -2.73. The van der Waals surface area contributed by atoms with E-state index in [1.165, 1.54) is 16.0 Å². The van der Waals surface area contributed by atoms with Gasteiger partial charge in [-0.15, -0.1) is 0 Å². The number of nitrogens with zero attached hydrogens (tertiary/aromatic N) is 4. The molecule has 3 rings (SSSR count). The minimum absolute atomic E-state index is 0.637. The fraction of sp³-hybridized carbons (Fsp3) is 0.235. The number of quaternary nitrogens is 1. The maximum absolute atomic E-state index is 4.05. The molecule has 0 unspecified atom stereocenters. The molecule has 0 fully saturated rings. The highest BCUT2D eigenvalue weighted by Crippen LogP contribution is 2.12. The molecule has 2 N–H and O–H groups in total. The highest BCUT2D eigenvalue weighted by atomic mass is 15.6. The maximum Gasteiger partial charge on any atom is 0.248 e. The molecule has 6 heteroatoms. The molecule has 3 aromatic rings. The van der Waals surface area contributed by atoms with Gasteiger partial charge in [0.1, 0.15) is 6.54 Å². The van der Waals surface area contributed by atoms with Gasteiger partial charge in [-0.25, -0.2) is 0 Å². The molecule has 23 heavy (non-hydrogen) atoms. The molecule has 118 valence electrons. The van der Waals surface area contributed by atoms with Crippen LogP contribution in [0.4, 0.5) is 5.95 Å². The maximum atomic E-state index is 4.05. The summed E-state index contributed by atoms with van der Waals surface area (Å²) >= 11 is 0. The first-order chi connectivity index (χ1) is 11.2. The lowest BCUT2D eigenvalue weighted by Crippen LogP contribution is -3.04. The van der Waals surface area contributed by atoms with Gasteiger partial charge in [0, 0.05) is 12.1 Å². The fourth-order valence-corrected chi connectivity index (χ4v) is 2.40. The third-order valence-corrected chi connectivity index (χ3v) is 3.50. The van der Waals surface area contributed by atoms with Gasteiger partial charge in [0.2, 0.25) is 5.95 Å². The summed E-state index contributed by atoms with van der Waals surface area (Å²) in [4.78, 5) is 1.41. The average molecular weight is 309 g/mol. The van der Waals surface area contributed by atoms with Crippen LogP contribution in [0.3, 0.4) is 0 Å². The highest BCUT2D eigenvalue weighted by molar-refractivity contribution is 5.39. The van der Waals surface area contributed by atoms with E-state index in [9.17, 15) is 0 Å². The number of rotatable bonds is 6. The minimum atomic E-state index is 0.637. The van der Waals surface area contributed by atoms with Gasteiger partial charge in [-0.1, -0.05) is 47.6 Å². The molecule has 0 atom stereocenters. The summed E-state index contributed by atoms with van der Waals surface area (Å²) in [7, 11) is 4.30. The third-order valence-electron chi connectivity index (χ3n) is 3.50. The molecule has 0 aliphatic rings. The summed E-state index contributed by atoms with van der Waals surface area (Å²) in [6.45, 7) is 1.71. The Labute approximate surface area is 135 Å². The minimum Gasteiger partial charge on any atom is -0.349 e. The monoisotopic (exact) mass is 309 g/mol. The Morgan fingerprint density at radius 2 is 1.65 bits per heavy atom. The summed E-state index contributed by atoms with van der Waals surface area (Å²) in [6, 6.07) is 18.5. The van der Waals surface area contributed by atoms with Crippen LogP contribution in [0.2, 0.25) is 0 Å². The van der Waals surface area contributed by atoms with Crippen LogP contribution in [0, 0.1) is 0 Å². The van der Waals surface area contributed by atoms with Crippen LogP contribution in [-0.2, 0) is 13.1 Å². The van der Waals surface area contributed by atoms with E-state index in [2.05, 4.69) is 59.2 Å². The van der Waals surface area contributed by atoms with E-state index in [0.717, 1.165) is 12.2 Å². The molecule has 0 saturated heterocycles. The average Bonchev–Trinajstić information content (AvgIpc) is 3.03. The third kappa shape index (κ3) is 3.92. The van der Waals surface area contributed by atoms with E-state index < -0.39 is 0 Å². The molecule has 0 radical (unpaired) electrons. The molecule has 0 amide bonds. The Bertz CT molecular complexity index is 733. The van der Waals surface area contributed by atoms with Gasteiger partial charge in [0.05, 0.1) is 19.8 Å². The molecule has 2 aromatic carbocycles. The predicted molar refractivity (Wildman–Crippen MR) is 89.4 cm³/mol. The topological polar surface area (TPSA) is 60.1 Å². The number of aromatic nitrogens is 4. The van der Waals surface area contributed by atoms with Crippen LogP contribution in [0.5, 0.6) is 0 Å². The number of benzene rings is 2. The van der Waals surface area contributed by atoms with E-state index in [1.54, 1.807) is 4.68 Å². The molecular formula is C17H21N6+. The Kier molecular flexibility index (Phi) is 4.63. The van der Waals surface area contributed by atoms with Crippen molar-refractivity contribution in [2.75, 3.05) is 19.4 Å². The van der Waals surface area contributed by atoms with Gasteiger partial charge < -0.3 is 10.2 Å². The Morgan fingerprint density at radius 3 is 2.35 bits per heavy atom. The van der Waals surface area contributed by atoms with Gasteiger partial charge in [-0.2, -0.15) is 4.68 Å². The molecular weight excluding hydrogens is 288 g/mol. The quantitative estimate of drug-likeness (QED) is 0.711. The van der Waals surface area contributed by atoms with Crippen molar-refractivity contribution >= 4 is 5.95 Å². The molecule has 0 spiro atoms. The zero-order valence-corrected chi connectivity index (χ0v) is 13.4. The second-order valence-electron chi connectivity index (χ2n) is 5.80. The number of tetrazole rings is 1. The van der Waals surface area contributed by atoms with Crippen molar-refractivity contribution in [1.29, 1.82) is 0 Å². The first-order valence-corrected chi connectivity index (χ1v) is 7.67. The van der Waals surface area contributed by atoms with E-state index >= 15 is 0 Å². The van der Waals surface area contributed by atoms with Crippen molar-refractivity contribution in [2.45, 2.75) is 13.1 Å². The second kappa shape index (κ2) is 7.02. The van der Waals surface area contributed by atoms with Crippen LogP contribution >= 0.6 is 0 Å². The lowest BCUT2D eigenvalue weighted by molar-refractivity contribution is -0.872. The summed E-state index contributed by atoms with van der Waals surface area (Å²) in [5.41, 5.74) is 3.47. The van der Waals surface area contributed by atoms with Crippen LogP contribution < -0.4 is 10.2 Å².